The standard InChI is InChI=1S/C33H34FN5O2/c1-37-30-20-25(9-10-27(30)31(36-37)24-5-4-6-26(34)19-24)33(40)38-15-11-23(12-16-38)32-35-28-7-2-3-8-29(28)39(32)21-22-13-17-41-18-14-22/h2-10,19-20,22-23H,11-18,21H2,1H3. The molecule has 0 aliphatic carbocycles. The van der Waals surface area contributed by atoms with Gasteiger partial charge in [0.1, 0.15) is 17.3 Å². The highest BCUT2D eigenvalue weighted by Crippen LogP contribution is 2.33. The molecule has 2 saturated heterocycles. The molecule has 7 nitrogen and oxygen atoms in total. The maximum atomic E-state index is 13.9. The second-order valence-electron chi connectivity index (χ2n) is 11.4. The van der Waals surface area contributed by atoms with Gasteiger partial charge >= 0.3 is 0 Å². The summed E-state index contributed by atoms with van der Waals surface area (Å²) < 4.78 is 23.7. The lowest BCUT2D eigenvalue weighted by atomic mass is 9.94. The molecule has 0 spiro atoms. The van der Waals surface area contributed by atoms with E-state index in [1.807, 2.05) is 36.2 Å². The van der Waals surface area contributed by atoms with Crippen LogP contribution in [0.1, 0.15) is 47.8 Å². The normalized spacial score (nSPS) is 17.1. The molecule has 0 saturated carbocycles. The van der Waals surface area contributed by atoms with Crippen LogP contribution in [-0.4, -0.2) is 56.4 Å². The molecule has 210 valence electrons. The highest BCUT2D eigenvalue weighted by atomic mass is 19.1. The van der Waals surface area contributed by atoms with Gasteiger partial charge in [-0.15, -0.1) is 0 Å². The number of benzene rings is 3. The van der Waals surface area contributed by atoms with E-state index in [4.69, 9.17) is 9.72 Å². The fourth-order valence-corrected chi connectivity index (χ4v) is 6.55. The number of carbonyl (C=O) groups excluding carboxylic acids is 1. The number of imidazole rings is 1. The summed E-state index contributed by atoms with van der Waals surface area (Å²) in [6, 6.07) is 20.6. The van der Waals surface area contributed by atoms with Crippen molar-refractivity contribution >= 4 is 27.8 Å². The van der Waals surface area contributed by atoms with Crippen LogP contribution in [0.25, 0.3) is 33.2 Å². The van der Waals surface area contributed by atoms with E-state index < -0.39 is 0 Å². The minimum atomic E-state index is -0.296. The molecule has 0 bridgehead atoms. The first-order valence-electron chi connectivity index (χ1n) is 14.6. The van der Waals surface area contributed by atoms with Gasteiger partial charge in [-0.2, -0.15) is 5.10 Å². The molecule has 7 rings (SSSR count). The molecule has 4 heterocycles. The summed E-state index contributed by atoms with van der Waals surface area (Å²) in [4.78, 5) is 20.7. The second kappa shape index (κ2) is 10.7. The average molecular weight is 552 g/mol. The number of hydrogen-bond acceptors (Lipinski definition) is 4. The van der Waals surface area contributed by atoms with Crippen LogP contribution in [0, 0.1) is 11.7 Å². The highest BCUT2D eigenvalue weighted by Gasteiger charge is 2.29. The van der Waals surface area contributed by atoms with E-state index in [9.17, 15) is 9.18 Å². The van der Waals surface area contributed by atoms with Crippen molar-refractivity contribution < 1.29 is 13.9 Å². The van der Waals surface area contributed by atoms with Crippen molar-refractivity contribution in [3.05, 3.63) is 83.9 Å². The largest absolute Gasteiger partial charge is 0.381 e. The van der Waals surface area contributed by atoms with E-state index in [0.717, 1.165) is 73.2 Å². The minimum absolute atomic E-state index is 0.0366. The molecule has 41 heavy (non-hydrogen) atoms. The van der Waals surface area contributed by atoms with Crippen LogP contribution in [0.5, 0.6) is 0 Å². The van der Waals surface area contributed by atoms with Gasteiger partial charge in [-0.3, -0.25) is 9.48 Å². The maximum Gasteiger partial charge on any atom is 0.253 e. The quantitative estimate of drug-likeness (QED) is 0.262. The number of piperidine rings is 1. The van der Waals surface area contributed by atoms with Gasteiger partial charge in [-0.25, -0.2) is 9.37 Å². The minimum Gasteiger partial charge on any atom is -0.381 e. The third-order valence-electron chi connectivity index (χ3n) is 8.81. The van der Waals surface area contributed by atoms with E-state index in [0.29, 0.717) is 36.2 Å². The molecular weight excluding hydrogens is 517 g/mol. The zero-order chi connectivity index (χ0) is 27.9. The Morgan fingerprint density at radius 2 is 1.76 bits per heavy atom. The number of aryl methyl sites for hydroxylation is 1. The van der Waals surface area contributed by atoms with E-state index in [-0.39, 0.29) is 11.7 Å². The van der Waals surface area contributed by atoms with Gasteiger partial charge in [-0.1, -0.05) is 24.3 Å². The third-order valence-corrected chi connectivity index (χ3v) is 8.81. The van der Waals surface area contributed by atoms with Crippen LogP contribution in [0.3, 0.4) is 0 Å². The highest BCUT2D eigenvalue weighted by molar-refractivity contribution is 6.01. The molecule has 0 N–H and O–H groups in total. The Labute approximate surface area is 238 Å². The maximum absolute atomic E-state index is 13.9. The van der Waals surface area contributed by atoms with E-state index in [1.165, 1.54) is 17.6 Å². The number of hydrogen-bond donors (Lipinski definition) is 0. The Balaban J connectivity index is 1.09. The number of ether oxygens (including phenoxy) is 1. The summed E-state index contributed by atoms with van der Waals surface area (Å²) in [7, 11) is 1.86. The summed E-state index contributed by atoms with van der Waals surface area (Å²) in [6.45, 7) is 4.04. The van der Waals surface area contributed by atoms with Crippen molar-refractivity contribution in [3.63, 3.8) is 0 Å². The van der Waals surface area contributed by atoms with Crippen molar-refractivity contribution in [2.75, 3.05) is 26.3 Å². The SMILES string of the molecule is Cn1nc(-c2cccc(F)c2)c2ccc(C(=O)N3CCC(c4nc5ccccc5n4CC4CCOCC4)CC3)cc21. The Morgan fingerprint density at radius 1 is 0.951 bits per heavy atom. The molecule has 1 amide bonds. The first-order chi connectivity index (χ1) is 20.0. The second-order valence-corrected chi connectivity index (χ2v) is 11.4. The number of para-hydroxylation sites is 2. The van der Waals surface area contributed by atoms with Gasteiger partial charge in [0.05, 0.1) is 16.6 Å². The number of amides is 1. The summed E-state index contributed by atoms with van der Waals surface area (Å²) >= 11 is 0. The fourth-order valence-electron chi connectivity index (χ4n) is 6.55. The lowest BCUT2D eigenvalue weighted by Gasteiger charge is -2.32. The van der Waals surface area contributed by atoms with Crippen LogP contribution in [0.15, 0.2) is 66.7 Å². The first kappa shape index (κ1) is 25.9. The number of rotatable bonds is 5. The monoisotopic (exact) mass is 551 g/mol. The first-order valence-corrected chi connectivity index (χ1v) is 14.6. The molecule has 8 heteroatoms. The number of carbonyl (C=O) groups is 1. The predicted octanol–water partition coefficient (Wildman–Crippen LogP) is 6.18. The number of likely N-dealkylation sites (tertiary alicyclic amines) is 1. The molecule has 0 unspecified atom stereocenters. The molecule has 2 aromatic heterocycles. The topological polar surface area (TPSA) is 65.2 Å². The van der Waals surface area contributed by atoms with Crippen LogP contribution in [0.4, 0.5) is 4.39 Å². The Morgan fingerprint density at radius 3 is 2.56 bits per heavy atom. The Bertz CT molecular complexity index is 1730. The zero-order valence-electron chi connectivity index (χ0n) is 23.3. The Hall–Kier alpha value is -4.04. The van der Waals surface area contributed by atoms with E-state index in [1.54, 1.807) is 10.7 Å². The molecular formula is C33H34FN5O2. The zero-order valence-corrected chi connectivity index (χ0v) is 23.3. The van der Waals surface area contributed by atoms with Crippen LogP contribution in [-0.2, 0) is 18.3 Å². The smallest absolute Gasteiger partial charge is 0.253 e. The van der Waals surface area contributed by atoms with Gasteiger partial charge in [0.15, 0.2) is 0 Å². The number of aromatic nitrogens is 4. The van der Waals surface area contributed by atoms with E-state index in [2.05, 4.69) is 33.9 Å². The predicted molar refractivity (Wildman–Crippen MR) is 157 cm³/mol. The summed E-state index contributed by atoms with van der Waals surface area (Å²) in [6.07, 6.45) is 3.95. The summed E-state index contributed by atoms with van der Waals surface area (Å²) in [5, 5.41) is 5.53. The van der Waals surface area contributed by atoms with Crippen molar-refractivity contribution in [1.29, 1.82) is 0 Å². The van der Waals surface area contributed by atoms with Gasteiger partial charge < -0.3 is 14.2 Å². The molecule has 2 fully saturated rings. The van der Waals surface area contributed by atoms with Gasteiger partial charge in [0.25, 0.3) is 5.91 Å². The van der Waals surface area contributed by atoms with Crippen molar-refractivity contribution in [2.24, 2.45) is 13.0 Å². The van der Waals surface area contributed by atoms with Crippen LogP contribution >= 0.6 is 0 Å². The van der Waals surface area contributed by atoms with Gasteiger partial charge in [-0.05, 0) is 74.1 Å². The van der Waals surface area contributed by atoms with Gasteiger partial charge in [0, 0.05) is 62.3 Å². The molecule has 2 aliphatic heterocycles. The van der Waals surface area contributed by atoms with Crippen LogP contribution < -0.4 is 0 Å². The number of halogens is 1. The lowest BCUT2D eigenvalue weighted by molar-refractivity contribution is 0.0610. The van der Waals surface area contributed by atoms with E-state index >= 15 is 0 Å². The summed E-state index contributed by atoms with van der Waals surface area (Å²) in [5.41, 5.74) is 5.19. The fraction of sp³-hybridized carbons (Fsp3) is 0.364. The third kappa shape index (κ3) is 4.90. The van der Waals surface area contributed by atoms with Crippen molar-refractivity contribution in [3.8, 4) is 11.3 Å². The molecule has 2 aliphatic rings. The Kier molecular flexibility index (Phi) is 6.79. The van der Waals surface area contributed by atoms with Crippen molar-refractivity contribution in [2.45, 2.75) is 38.1 Å². The summed E-state index contributed by atoms with van der Waals surface area (Å²) in [5.74, 6) is 1.82. The van der Waals surface area contributed by atoms with Gasteiger partial charge in [0.2, 0.25) is 0 Å². The lowest BCUT2D eigenvalue weighted by Crippen LogP contribution is -2.38. The number of fused-ring (bicyclic) bond motifs is 2. The molecule has 3 aromatic carbocycles. The molecule has 5 aromatic rings. The van der Waals surface area contributed by atoms with Crippen molar-refractivity contribution in [1.82, 2.24) is 24.2 Å². The molecule has 0 radical (unpaired) electrons. The molecule has 0 atom stereocenters. The average Bonchev–Trinajstić information content (AvgIpc) is 3.54. The van der Waals surface area contributed by atoms with Crippen LogP contribution in [0.2, 0.25) is 0 Å². The number of nitrogens with zero attached hydrogens (tertiary/aromatic N) is 5.